The largest absolute Gasteiger partial charge is 0.378 e. The third-order valence-corrected chi connectivity index (χ3v) is 10.0. The van der Waals surface area contributed by atoms with Crippen molar-refractivity contribution in [3.8, 4) is 0 Å². The summed E-state index contributed by atoms with van der Waals surface area (Å²) in [6.07, 6.45) is 0.767. The third-order valence-electron chi connectivity index (χ3n) is 7.68. The lowest BCUT2D eigenvalue weighted by molar-refractivity contribution is -0.387. The monoisotopic (exact) mass is 569 g/mol. The highest BCUT2D eigenvalue weighted by molar-refractivity contribution is 8.00. The molecule has 0 unspecified atom stereocenters. The number of carbonyl (C=O) groups excluding carboxylic acids is 1. The molecule has 0 saturated heterocycles. The maximum absolute atomic E-state index is 13.2. The number of rotatable bonds is 7. The van der Waals surface area contributed by atoms with Gasteiger partial charge in [0.25, 0.3) is 11.6 Å². The van der Waals surface area contributed by atoms with Crippen molar-refractivity contribution in [1.82, 2.24) is 4.90 Å². The summed E-state index contributed by atoms with van der Waals surface area (Å²) in [7, 11) is 0. The fourth-order valence-corrected chi connectivity index (χ4v) is 7.88. The molecule has 1 aliphatic carbocycles. The van der Waals surface area contributed by atoms with Crippen molar-refractivity contribution in [2.45, 2.75) is 47.8 Å². The van der Waals surface area contributed by atoms with E-state index in [1.54, 1.807) is 12.1 Å². The van der Waals surface area contributed by atoms with Crippen LogP contribution in [0.5, 0.6) is 0 Å². The number of halogens is 2. The van der Waals surface area contributed by atoms with E-state index in [9.17, 15) is 14.9 Å². The first-order valence-electron chi connectivity index (χ1n) is 12.8. The lowest BCUT2D eigenvalue weighted by atomic mass is 9.77. The molecule has 5 rings (SSSR count). The zero-order valence-corrected chi connectivity index (χ0v) is 23.5. The molecule has 2 aliphatic rings. The van der Waals surface area contributed by atoms with Gasteiger partial charge in [-0.3, -0.25) is 14.9 Å². The maximum Gasteiger partial charge on any atom is 0.282 e. The Balaban J connectivity index is 1.55. The first kappa shape index (κ1) is 26.9. The predicted octanol–water partition coefficient (Wildman–Crippen LogP) is 7.77. The minimum atomic E-state index is -0.341. The molecule has 3 aromatic carbocycles. The van der Waals surface area contributed by atoms with Crippen LogP contribution in [0.15, 0.2) is 71.6 Å². The number of nitrogens with one attached hydrogen (secondary N) is 1. The highest BCUT2D eigenvalue weighted by Gasteiger charge is 2.50. The van der Waals surface area contributed by atoms with E-state index in [1.807, 2.05) is 67.3 Å². The van der Waals surface area contributed by atoms with Gasteiger partial charge in [0.05, 0.1) is 21.2 Å². The van der Waals surface area contributed by atoms with Crippen molar-refractivity contribution in [3.05, 3.63) is 98.6 Å². The summed E-state index contributed by atoms with van der Waals surface area (Å²) in [5, 5.41) is 15.7. The third kappa shape index (κ3) is 4.99. The van der Waals surface area contributed by atoms with Crippen molar-refractivity contribution in [1.29, 1.82) is 0 Å². The van der Waals surface area contributed by atoms with E-state index >= 15 is 0 Å². The molecule has 1 saturated carbocycles. The van der Waals surface area contributed by atoms with E-state index in [0.717, 1.165) is 23.2 Å². The molecule has 0 aromatic heterocycles. The van der Waals surface area contributed by atoms with Crippen LogP contribution in [0.3, 0.4) is 0 Å². The fourth-order valence-electron chi connectivity index (χ4n) is 5.81. The molecular weight excluding hydrogens is 541 g/mol. The van der Waals surface area contributed by atoms with Gasteiger partial charge in [-0.15, -0.1) is 23.4 Å². The molecule has 9 heteroatoms. The topological polar surface area (TPSA) is 75.5 Å². The second-order valence-corrected chi connectivity index (χ2v) is 11.9. The molecular formula is C29H29Cl2N3O3S. The SMILES string of the molecule is CCN(CC)C(=O)c1ccc2c(c1)[C@@H]1[C@H](Cl)[C@H](Sc3ccccc3[N+](=O)[O-])C[C@H]1[C@@H](c1ccc(Cl)cc1)N2. The molecule has 3 aromatic rings. The number of fused-ring (bicyclic) bond motifs is 3. The van der Waals surface area contributed by atoms with Crippen LogP contribution in [0.1, 0.15) is 53.7 Å². The first-order chi connectivity index (χ1) is 18.3. The van der Waals surface area contributed by atoms with Crippen molar-refractivity contribution in [2.24, 2.45) is 5.92 Å². The van der Waals surface area contributed by atoms with Crippen LogP contribution >= 0.6 is 35.0 Å². The number of anilines is 1. The zero-order valence-electron chi connectivity index (χ0n) is 21.1. The molecule has 1 aliphatic heterocycles. The minimum absolute atomic E-state index is 0.00382. The van der Waals surface area contributed by atoms with Crippen molar-refractivity contribution in [3.63, 3.8) is 0 Å². The van der Waals surface area contributed by atoms with E-state index in [4.69, 9.17) is 23.2 Å². The van der Waals surface area contributed by atoms with Crippen LogP contribution in [0.4, 0.5) is 11.4 Å². The molecule has 198 valence electrons. The molecule has 6 nitrogen and oxygen atoms in total. The number of nitro groups is 1. The average Bonchev–Trinajstić information content (AvgIpc) is 3.25. The van der Waals surface area contributed by atoms with Crippen LogP contribution in [0, 0.1) is 16.0 Å². The molecule has 0 bridgehead atoms. The summed E-state index contributed by atoms with van der Waals surface area (Å²) >= 11 is 14.9. The smallest absolute Gasteiger partial charge is 0.282 e. The van der Waals surface area contributed by atoms with Gasteiger partial charge in [-0.2, -0.15) is 0 Å². The van der Waals surface area contributed by atoms with E-state index in [2.05, 4.69) is 5.32 Å². The van der Waals surface area contributed by atoms with Crippen molar-refractivity contribution < 1.29 is 9.72 Å². The van der Waals surface area contributed by atoms with Gasteiger partial charge in [0, 0.05) is 46.6 Å². The summed E-state index contributed by atoms with van der Waals surface area (Å²) in [6.45, 7) is 5.24. The molecule has 1 N–H and O–H groups in total. The number of hydrogen-bond acceptors (Lipinski definition) is 5. The van der Waals surface area contributed by atoms with Crippen molar-refractivity contribution in [2.75, 3.05) is 18.4 Å². The Kier molecular flexibility index (Phi) is 7.89. The number of benzene rings is 3. The van der Waals surface area contributed by atoms with Gasteiger partial charge in [-0.25, -0.2) is 0 Å². The van der Waals surface area contributed by atoms with Gasteiger partial charge in [0.1, 0.15) is 0 Å². The molecule has 1 heterocycles. The second-order valence-electron chi connectivity index (χ2n) is 9.70. The number of amides is 1. The zero-order chi connectivity index (χ0) is 27.0. The standard InChI is InChI=1S/C29H29Cl2N3O3S/c1-3-33(4-2)29(35)18-11-14-22-20(15-18)26-21(28(32-22)17-9-12-19(30)13-10-17)16-25(27(26)31)38-24-8-6-5-7-23(24)34(36)37/h5-15,21,25-28,32H,3-4,16H2,1-2H3/t21-,25-,26+,27-,28-/m1/s1. The number of carbonyl (C=O) groups is 1. The average molecular weight is 571 g/mol. The molecule has 1 fully saturated rings. The van der Waals surface area contributed by atoms with Gasteiger partial charge < -0.3 is 10.2 Å². The Bertz CT molecular complexity index is 1350. The molecule has 1 amide bonds. The lowest BCUT2D eigenvalue weighted by Gasteiger charge is -2.38. The number of hydrogen-bond donors (Lipinski definition) is 1. The van der Waals surface area contributed by atoms with E-state index in [1.165, 1.54) is 17.8 Å². The molecule has 0 radical (unpaired) electrons. The van der Waals surface area contributed by atoms with Gasteiger partial charge >= 0.3 is 0 Å². The lowest BCUT2D eigenvalue weighted by Crippen LogP contribution is -2.33. The van der Waals surface area contributed by atoms with E-state index in [0.29, 0.717) is 28.6 Å². The Labute approximate surface area is 236 Å². The van der Waals surface area contributed by atoms with Crippen LogP contribution in [-0.2, 0) is 0 Å². The fraction of sp³-hybridized carbons (Fsp3) is 0.345. The van der Waals surface area contributed by atoms with Crippen LogP contribution in [0.2, 0.25) is 5.02 Å². The van der Waals surface area contributed by atoms with Crippen LogP contribution in [0.25, 0.3) is 0 Å². The van der Waals surface area contributed by atoms with Gasteiger partial charge in [0.15, 0.2) is 0 Å². The Hall–Kier alpha value is -2.74. The highest BCUT2D eigenvalue weighted by atomic mass is 35.5. The van der Waals surface area contributed by atoms with E-state index < -0.39 is 0 Å². The number of nitro benzene ring substituents is 1. The second kappa shape index (κ2) is 11.2. The number of para-hydroxylation sites is 1. The van der Waals surface area contributed by atoms with E-state index in [-0.39, 0.29) is 45.0 Å². The van der Waals surface area contributed by atoms with Gasteiger partial charge in [0.2, 0.25) is 0 Å². The quantitative estimate of drug-likeness (QED) is 0.178. The summed E-state index contributed by atoms with van der Waals surface area (Å²) in [5.41, 5.74) is 3.85. The summed E-state index contributed by atoms with van der Waals surface area (Å²) < 4.78 is 0. The van der Waals surface area contributed by atoms with Gasteiger partial charge in [-0.1, -0.05) is 35.9 Å². The molecule has 38 heavy (non-hydrogen) atoms. The first-order valence-corrected chi connectivity index (χ1v) is 14.5. The Morgan fingerprint density at radius 1 is 1.11 bits per heavy atom. The van der Waals surface area contributed by atoms with Gasteiger partial charge in [-0.05, 0) is 73.7 Å². The maximum atomic E-state index is 13.2. The number of thioether (sulfide) groups is 1. The predicted molar refractivity (Wildman–Crippen MR) is 155 cm³/mol. The molecule has 5 atom stereocenters. The Morgan fingerprint density at radius 2 is 1.82 bits per heavy atom. The molecule has 0 spiro atoms. The normalized spacial score (nSPS) is 23.7. The summed E-state index contributed by atoms with van der Waals surface area (Å²) in [6, 6.07) is 20.5. The number of alkyl halides is 1. The van der Waals surface area contributed by atoms with Crippen molar-refractivity contribution >= 4 is 52.2 Å². The van der Waals surface area contributed by atoms with Crippen LogP contribution < -0.4 is 5.32 Å². The number of nitrogens with zero attached hydrogens (tertiary/aromatic N) is 2. The highest BCUT2D eigenvalue weighted by Crippen LogP contribution is 2.58. The Morgan fingerprint density at radius 3 is 2.50 bits per heavy atom. The minimum Gasteiger partial charge on any atom is -0.378 e. The summed E-state index contributed by atoms with van der Waals surface area (Å²) in [4.78, 5) is 26.9. The van der Waals surface area contributed by atoms with Crippen LogP contribution in [-0.4, -0.2) is 39.4 Å². The summed E-state index contributed by atoms with van der Waals surface area (Å²) in [5.74, 6) is 0.104.